The second-order valence-electron chi connectivity index (χ2n) is 16.5. The van der Waals surface area contributed by atoms with Crippen molar-refractivity contribution in [3.63, 3.8) is 0 Å². The van der Waals surface area contributed by atoms with Gasteiger partial charge in [-0.25, -0.2) is 0 Å². The first-order valence-corrected chi connectivity index (χ1v) is 20.5. The zero-order valence-corrected chi connectivity index (χ0v) is 32.9. The Balaban J connectivity index is 0.967. The Hall–Kier alpha value is -7.42. The van der Waals surface area contributed by atoms with Crippen LogP contribution in [0.15, 0.2) is 205 Å². The van der Waals surface area contributed by atoms with Crippen molar-refractivity contribution in [1.82, 2.24) is 0 Å². The van der Waals surface area contributed by atoms with Gasteiger partial charge < -0.3 is 9.32 Å². The summed E-state index contributed by atoms with van der Waals surface area (Å²) in [6, 6.07) is 73.2. The van der Waals surface area contributed by atoms with E-state index in [1.165, 1.54) is 65.9 Å². The molecule has 0 aliphatic heterocycles. The van der Waals surface area contributed by atoms with Gasteiger partial charge in [-0.1, -0.05) is 159 Å². The predicted molar refractivity (Wildman–Crippen MR) is 249 cm³/mol. The van der Waals surface area contributed by atoms with Gasteiger partial charge >= 0.3 is 0 Å². The number of benzene rings is 10. The molecule has 11 aromatic rings. The summed E-state index contributed by atoms with van der Waals surface area (Å²) in [4.78, 5) is 2.40. The van der Waals surface area contributed by atoms with Gasteiger partial charge in [-0.2, -0.15) is 0 Å². The lowest BCUT2D eigenvalue weighted by Gasteiger charge is -2.28. The number of furan rings is 1. The summed E-state index contributed by atoms with van der Waals surface area (Å²) in [5.41, 5.74) is 15.2. The smallest absolute Gasteiger partial charge is 0.143 e. The minimum atomic E-state index is -0.111. The van der Waals surface area contributed by atoms with Crippen molar-refractivity contribution in [2.45, 2.75) is 19.3 Å². The zero-order chi connectivity index (χ0) is 39.2. The minimum absolute atomic E-state index is 0.111. The second kappa shape index (κ2) is 12.8. The zero-order valence-electron chi connectivity index (χ0n) is 32.9. The molecule has 0 saturated carbocycles. The van der Waals surface area contributed by atoms with E-state index in [-0.39, 0.29) is 5.41 Å². The van der Waals surface area contributed by atoms with Crippen molar-refractivity contribution >= 4 is 71.3 Å². The summed E-state index contributed by atoms with van der Waals surface area (Å²) in [5.74, 6) is 0. The highest BCUT2D eigenvalue weighted by molar-refractivity contribution is 6.19. The first-order chi connectivity index (χ1) is 29.0. The van der Waals surface area contributed by atoms with Crippen LogP contribution in [0.3, 0.4) is 0 Å². The third kappa shape index (κ3) is 5.20. The van der Waals surface area contributed by atoms with Crippen molar-refractivity contribution in [2.75, 3.05) is 4.90 Å². The van der Waals surface area contributed by atoms with Gasteiger partial charge in [-0.3, -0.25) is 0 Å². The van der Waals surface area contributed by atoms with E-state index in [2.05, 4.69) is 219 Å². The third-order valence-electron chi connectivity index (χ3n) is 12.9. The van der Waals surface area contributed by atoms with E-state index < -0.39 is 0 Å². The van der Waals surface area contributed by atoms with Gasteiger partial charge in [0.05, 0.1) is 0 Å². The molecule has 1 heterocycles. The molecule has 0 unspecified atom stereocenters. The number of fused-ring (bicyclic) bond motifs is 11. The number of hydrogen-bond donors (Lipinski definition) is 0. The number of anilines is 3. The van der Waals surface area contributed by atoms with Gasteiger partial charge in [0, 0.05) is 38.6 Å². The topological polar surface area (TPSA) is 16.4 Å². The fraction of sp³-hybridized carbons (Fsp3) is 0.0526. The summed E-state index contributed by atoms with van der Waals surface area (Å²) >= 11 is 0. The van der Waals surface area contributed by atoms with Gasteiger partial charge in [0.25, 0.3) is 0 Å². The third-order valence-corrected chi connectivity index (χ3v) is 12.9. The molecule has 0 amide bonds. The highest BCUT2D eigenvalue weighted by Gasteiger charge is 2.35. The fourth-order valence-electron chi connectivity index (χ4n) is 9.86. The molecule has 0 spiro atoms. The van der Waals surface area contributed by atoms with Crippen LogP contribution in [0.5, 0.6) is 0 Å². The Morgan fingerprint density at radius 1 is 0.373 bits per heavy atom. The summed E-state index contributed by atoms with van der Waals surface area (Å²) in [5, 5.41) is 9.70. The number of rotatable bonds is 5. The molecule has 1 aliphatic carbocycles. The van der Waals surface area contributed by atoms with Crippen LogP contribution in [0, 0.1) is 0 Å². The maximum absolute atomic E-state index is 6.55. The van der Waals surface area contributed by atoms with Gasteiger partial charge in [-0.15, -0.1) is 0 Å². The number of nitrogens with zero attached hydrogens (tertiary/aromatic N) is 1. The Labute approximate surface area is 343 Å². The molecule has 12 rings (SSSR count). The molecule has 0 bridgehead atoms. The highest BCUT2D eigenvalue weighted by Crippen LogP contribution is 2.51. The molecule has 1 aromatic heterocycles. The molecule has 0 saturated heterocycles. The largest absolute Gasteiger partial charge is 0.455 e. The Bertz CT molecular complexity index is 3460. The van der Waals surface area contributed by atoms with Crippen LogP contribution >= 0.6 is 0 Å². The van der Waals surface area contributed by atoms with Crippen LogP contribution in [0.1, 0.15) is 25.0 Å². The van der Waals surface area contributed by atoms with Crippen molar-refractivity contribution in [3.05, 3.63) is 211 Å². The van der Waals surface area contributed by atoms with E-state index in [1.807, 2.05) is 0 Å². The summed E-state index contributed by atoms with van der Waals surface area (Å²) in [6.45, 7) is 4.70. The van der Waals surface area contributed by atoms with Crippen LogP contribution in [-0.2, 0) is 5.41 Å². The standard InChI is InChI=1S/C57H39NO/c1-57(2)52-16-8-7-14-49(52)50-33-30-44(35-53(50)57)58(42-26-20-36(21-27-42)40-25-31-46-41(34-40)19-18-37-10-3-5-12-45(37)46)43-28-22-39(23-29-43)47-15-9-17-54-55(47)51-32-24-38-11-4-6-13-48(38)56(51)59-54/h3-35H,1-2H3. The van der Waals surface area contributed by atoms with Gasteiger partial charge in [0.2, 0.25) is 0 Å². The summed E-state index contributed by atoms with van der Waals surface area (Å²) in [6.07, 6.45) is 0. The lowest BCUT2D eigenvalue weighted by Crippen LogP contribution is -2.16. The van der Waals surface area contributed by atoms with Crippen molar-refractivity contribution in [1.29, 1.82) is 0 Å². The van der Waals surface area contributed by atoms with E-state index in [4.69, 9.17) is 4.42 Å². The number of hydrogen-bond acceptors (Lipinski definition) is 2. The maximum atomic E-state index is 6.55. The molecule has 59 heavy (non-hydrogen) atoms. The minimum Gasteiger partial charge on any atom is -0.455 e. The van der Waals surface area contributed by atoms with Crippen LogP contribution in [-0.4, -0.2) is 0 Å². The SMILES string of the molecule is CC1(C)c2ccccc2-c2ccc(N(c3ccc(-c4ccc5c(ccc6ccccc65)c4)cc3)c3ccc(-c4cccc5oc6c7ccccc7ccc6c45)cc3)cc21. The van der Waals surface area contributed by atoms with E-state index in [0.717, 1.165) is 50.0 Å². The average Bonchev–Trinajstić information content (AvgIpc) is 3.79. The molecule has 0 fully saturated rings. The molecule has 1 aliphatic rings. The van der Waals surface area contributed by atoms with Crippen LogP contribution < -0.4 is 4.90 Å². The maximum Gasteiger partial charge on any atom is 0.143 e. The Morgan fingerprint density at radius 2 is 0.949 bits per heavy atom. The lowest BCUT2D eigenvalue weighted by atomic mass is 9.82. The van der Waals surface area contributed by atoms with Crippen LogP contribution in [0.25, 0.3) is 87.6 Å². The molecule has 2 heteroatoms. The van der Waals surface area contributed by atoms with Gasteiger partial charge in [-0.05, 0) is 126 Å². The summed E-state index contributed by atoms with van der Waals surface area (Å²) in [7, 11) is 0. The van der Waals surface area contributed by atoms with Crippen LogP contribution in [0.2, 0.25) is 0 Å². The first kappa shape index (κ1) is 33.7. The van der Waals surface area contributed by atoms with Gasteiger partial charge in [0.1, 0.15) is 11.2 Å². The fourth-order valence-corrected chi connectivity index (χ4v) is 9.86. The van der Waals surface area contributed by atoms with E-state index in [9.17, 15) is 0 Å². The van der Waals surface area contributed by atoms with Crippen LogP contribution in [0.4, 0.5) is 17.1 Å². The first-order valence-electron chi connectivity index (χ1n) is 20.5. The van der Waals surface area contributed by atoms with E-state index in [0.29, 0.717) is 0 Å². The molecule has 10 aromatic carbocycles. The van der Waals surface area contributed by atoms with Crippen molar-refractivity contribution in [2.24, 2.45) is 0 Å². The monoisotopic (exact) mass is 753 g/mol. The van der Waals surface area contributed by atoms with Crippen molar-refractivity contribution in [3.8, 4) is 33.4 Å². The molecule has 0 radical (unpaired) electrons. The van der Waals surface area contributed by atoms with Gasteiger partial charge in [0.15, 0.2) is 0 Å². The Morgan fingerprint density at radius 3 is 1.76 bits per heavy atom. The van der Waals surface area contributed by atoms with Crippen molar-refractivity contribution < 1.29 is 4.42 Å². The molecular formula is C57H39NO. The molecular weight excluding hydrogens is 715 g/mol. The average molecular weight is 754 g/mol. The molecule has 278 valence electrons. The van der Waals surface area contributed by atoms with E-state index in [1.54, 1.807) is 0 Å². The second-order valence-corrected chi connectivity index (χ2v) is 16.5. The highest BCUT2D eigenvalue weighted by atomic mass is 16.3. The quantitative estimate of drug-likeness (QED) is 0.163. The normalized spacial score (nSPS) is 13.1. The summed E-state index contributed by atoms with van der Waals surface area (Å²) < 4.78 is 6.55. The van der Waals surface area contributed by atoms with E-state index >= 15 is 0 Å². The molecule has 0 atom stereocenters. The molecule has 0 N–H and O–H groups in total. The lowest BCUT2D eigenvalue weighted by molar-refractivity contribution is 0.660. The molecule has 2 nitrogen and oxygen atoms in total. The Kier molecular flexibility index (Phi) is 7.31. The predicted octanol–water partition coefficient (Wildman–Crippen LogP) is 16.2.